The quantitative estimate of drug-likeness (QED) is 0.284. The molecule has 1 N–H and O–H groups in total. The highest BCUT2D eigenvalue weighted by atomic mass is 16.6. The van der Waals surface area contributed by atoms with Crippen molar-refractivity contribution in [1.29, 1.82) is 0 Å². The number of hydrogen-bond donors (Lipinski definition) is 1. The smallest absolute Gasteiger partial charge is 0.415 e. The SMILES string of the molecule is COC(=O)/C(=C1\NCCCO1)[N+](=O)[O-]. The molecule has 1 aliphatic heterocycles. The Balaban J connectivity index is 2.94. The first kappa shape index (κ1) is 10.3. The zero-order chi connectivity index (χ0) is 10.6. The fraction of sp³-hybridized carbons (Fsp3) is 0.571. The van der Waals surface area contributed by atoms with Crippen molar-refractivity contribution in [2.75, 3.05) is 20.3 Å². The highest BCUT2D eigenvalue weighted by Gasteiger charge is 2.31. The van der Waals surface area contributed by atoms with Crippen LogP contribution in [-0.4, -0.2) is 31.2 Å². The van der Waals surface area contributed by atoms with Crippen LogP contribution in [0.3, 0.4) is 0 Å². The molecule has 14 heavy (non-hydrogen) atoms. The molecular formula is C7H10N2O5. The Morgan fingerprint density at radius 2 is 2.43 bits per heavy atom. The Labute approximate surface area is 79.8 Å². The summed E-state index contributed by atoms with van der Waals surface area (Å²) in [5.74, 6) is -1.13. The number of carbonyl (C=O) groups is 1. The van der Waals surface area contributed by atoms with Crippen molar-refractivity contribution >= 4 is 5.97 Å². The van der Waals surface area contributed by atoms with Crippen molar-refractivity contribution in [1.82, 2.24) is 5.32 Å². The van der Waals surface area contributed by atoms with Gasteiger partial charge in [-0.2, -0.15) is 0 Å². The highest BCUT2D eigenvalue weighted by Crippen LogP contribution is 2.10. The lowest BCUT2D eigenvalue weighted by molar-refractivity contribution is -0.425. The molecular weight excluding hydrogens is 192 g/mol. The van der Waals surface area contributed by atoms with Crippen LogP contribution in [0.25, 0.3) is 0 Å². The van der Waals surface area contributed by atoms with Gasteiger partial charge >= 0.3 is 11.7 Å². The number of ether oxygens (including phenoxy) is 2. The third kappa shape index (κ3) is 2.12. The Morgan fingerprint density at radius 3 is 2.86 bits per heavy atom. The number of carbonyl (C=O) groups excluding carboxylic acids is 1. The lowest BCUT2D eigenvalue weighted by Gasteiger charge is -2.16. The minimum absolute atomic E-state index is 0.117. The molecule has 1 heterocycles. The van der Waals surface area contributed by atoms with E-state index in [1.54, 1.807) is 0 Å². The lowest BCUT2D eigenvalue weighted by atomic mass is 10.3. The van der Waals surface area contributed by atoms with Crippen LogP contribution in [0.4, 0.5) is 0 Å². The summed E-state index contributed by atoms with van der Waals surface area (Å²) < 4.78 is 9.22. The minimum Gasteiger partial charge on any atom is -0.474 e. The second kappa shape index (κ2) is 4.45. The van der Waals surface area contributed by atoms with Crippen molar-refractivity contribution in [3.8, 4) is 0 Å². The standard InChI is InChI=1S/C7H10N2O5/c1-13-7(10)5(9(11)12)6-8-3-2-4-14-6/h8H,2-4H2,1H3/b6-5-. The average Bonchev–Trinajstić information content (AvgIpc) is 2.19. The van der Waals surface area contributed by atoms with Crippen LogP contribution in [0.2, 0.25) is 0 Å². The van der Waals surface area contributed by atoms with Gasteiger partial charge in [0.15, 0.2) is 0 Å². The van der Waals surface area contributed by atoms with Crippen molar-refractivity contribution in [3.05, 3.63) is 21.7 Å². The third-order valence-corrected chi connectivity index (χ3v) is 1.63. The van der Waals surface area contributed by atoms with E-state index in [1.165, 1.54) is 0 Å². The Bertz CT molecular complexity index is 278. The maximum atomic E-state index is 11.0. The third-order valence-electron chi connectivity index (χ3n) is 1.63. The molecule has 0 radical (unpaired) electrons. The molecule has 0 aromatic rings. The molecule has 1 saturated heterocycles. The first-order valence-corrected chi connectivity index (χ1v) is 4.00. The van der Waals surface area contributed by atoms with E-state index in [4.69, 9.17) is 4.74 Å². The molecule has 1 rings (SSSR count). The number of nitrogens with zero attached hydrogens (tertiary/aromatic N) is 1. The van der Waals surface area contributed by atoms with Gasteiger partial charge in [-0.1, -0.05) is 0 Å². The summed E-state index contributed by atoms with van der Waals surface area (Å²) in [6.45, 7) is 0.903. The van der Waals surface area contributed by atoms with E-state index in [2.05, 4.69) is 10.1 Å². The zero-order valence-electron chi connectivity index (χ0n) is 7.61. The van der Waals surface area contributed by atoms with Crippen LogP contribution in [0.1, 0.15) is 6.42 Å². The topological polar surface area (TPSA) is 90.7 Å². The van der Waals surface area contributed by atoms with Crippen LogP contribution in [0.5, 0.6) is 0 Å². The van der Waals surface area contributed by atoms with Crippen molar-refractivity contribution in [2.45, 2.75) is 6.42 Å². The van der Waals surface area contributed by atoms with Gasteiger partial charge in [0.2, 0.25) is 0 Å². The fourth-order valence-corrected chi connectivity index (χ4v) is 0.998. The summed E-state index contributed by atoms with van der Waals surface area (Å²) in [6.07, 6.45) is 0.746. The van der Waals surface area contributed by atoms with Gasteiger partial charge in [-0.05, 0) is 6.42 Å². The summed E-state index contributed by atoms with van der Waals surface area (Å²) in [6, 6.07) is 0. The van der Waals surface area contributed by atoms with Gasteiger partial charge in [-0.15, -0.1) is 0 Å². The van der Waals surface area contributed by atoms with Crippen LogP contribution < -0.4 is 5.32 Å². The summed E-state index contributed by atoms with van der Waals surface area (Å²) >= 11 is 0. The van der Waals surface area contributed by atoms with E-state index >= 15 is 0 Å². The normalized spacial score (nSPS) is 18.9. The van der Waals surface area contributed by atoms with Gasteiger partial charge in [0, 0.05) is 6.54 Å². The minimum atomic E-state index is -1.01. The van der Waals surface area contributed by atoms with Gasteiger partial charge < -0.3 is 14.8 Å². The van der Waals surface area contributed by atoms with Gasteiger partial charge in [0.1, 0.15) is 0 Å². The number of nitro groups is 1. The molecule has 0 aromatic carbocycles. The molecule has 0 spiro atoms. The van der Waals surface area contributed by atoms with E-state index in [1.807, 2.05) is 0 Å². The molecule has 0 atom stereocenters. The van der Waals surface area contributed by atoms with Crippen molar-refractivity contribution in [2.24, 2.45) is 0 Å². The summed E-state index contributed by atoms with van der Waals surface area (Å²) in [5.41, 5.74) is -0.688. The molecule has 0 bridgehead atoms. The van der Waals surface area contributed by atoms with Gasteiger partial charge in [0.25, 0.3) is 5.88 Å². The number of esters is 1. The molecule has 0 aliphatic carbocycles. The van der Waals surface area contributed by atoms with Crippen molar-refractivity contribution < 1.29 is 19.2 Å². The molecule has 0 unspecified atom stereocenters. The second-order valence-electron chi connectivity index (χ2n) is 2.56. The first-order chi connectivity index (χ1) is 6.66. The van der Waals surface area contributed by atoms with Crippen LogP contribution >= 0.6 is 0 Å². The van der Waals surface area contributed by atoms with E-state index in [-0.39, 0.29) is 5.88 Å². The van der Waals surface area contributed by atoms with E-state index in [0.717, 1.165) is 13.5 Å². The lowest BCUT2D eigenvalue weighted by Crippen LogP contribution is -2.30. The molecule has 7 nitrogen and oxygen atoms in total. The number of hydrogen-bond acceptors (Lipinski definition) is 6. The van der Waals surface area contributed by atoms with Gasteiger partial charge in [-0.3, -0.25) is 10.1 Å². The summed E-state index contributed by atoms with van der Waals surface area (Å²) in [7, 11) is 1.08. The number of methoxy groups -OCH3 is 1. The summed E-state index contributed by atoms with van der Waals surface area (Å²) in [5, 5.41) is 13.2. The van der Waals surface area contributed by atoms with Gasteiger partial charge in [0.05, 0.1) is 18.6 Å². The Hall–Kier alpha value is -1.79. The number of nitrogens with one attached hydrogen (secondary N) is 1. The van der Waals surface area contributed by atoms with E-state index in [0.29, 0.717) is 13.2 Å². The predicted octanol–water partition coefficient (Wildman–Crippen LogP) is -0.385. The molecule has 0 saturated carbocycles. The molecule has 7 heteroatoms. The maximum Gasteiger partial charge on any atom is 0.415 e. The molecule has 1 fully saturated rings. The second-order valence-corrected chi connectivity index (χ2v) is 2.56. The predicted molar refractivity (Wildman–Crippen MR) is 44.6 cm³/mol. The van der Waals surface area contributed by atoms with E-state index in [9.17, 15) is 14.9 Å². The average molecular weight is 202 g/mol. The first-order valence-electron chi connectivity index (χ1n) is 4.00. The zero-order valence-corrected chi connectivity index (χ0v) is 7.61. The summed E-state index contributed by atoms with van der Waals surface area (Å²) in [4.78, 5) is 20.7. The van der Waals surface area contributed by atoms with Crippen LogP contribution in [0, 0.1) is 10.1 Å². The molecule has 78 valence electrons. The van der Waals surface area contributed by atoms with Crippen LogP contribution in [-0.2, 0) is 14.3 Å². The Morgan fingerprint density at radius 1 is 1.71 bits per heavy atom. The van der Waals surface area contributed by atoms with Crippen LogP contribution in [0.15, 0.2) is 11.6 Å². The molecule has 0 amide bonds. The monoisotopic (exact) mass is 202 g/mol. The maximum absolute atomic E-state index is 11.0. The molecule has 1 aliphatic rings. The van der Waals surface area contributed by atoms with Gasteiger partial charge in [-0.25, -0.2) is 4.79 Å². The van der Waals surface area contributed by atoms with E-state index < -0.39 is 16.6 Å². The fourth-order valence-electron chi connectivity index (χ4n) is 0.998. The Kier molecular flexibility index (Phi) is 3.27. The van der Waals surface area contributed by atoms with Crippen molar-refractivity contribution in [3.63, 3.8) is 0 Å². The molecule has 0 aromatic heterocycles. The number of rotatable bonds is 2. The highest BCUT2D eigenvalue weighted by molar-refractivity contribution is 5.86. The largest absolute Gasteiger partial charge is 0.474 e.